The van der Waals surface area contributed by atoms with E-state index in [4.69, 9.17) is 8.83 Å². The third-order valence-corrected chi connectivity index (χ3v) is 6.36. The Bertz CT molecular complexity index is 1140. The van der Waals surface area contributed by atoms with Crippen LogP contribution in [-0.4, -0.2) is 49.0 Å². The summed E-state index contributed by atoms with van der Waals surface area (Å²) in [5.41, 5.74) is 2.62. The minimum atomic E-state index is -0.0279. The van der Waals surface area contributed by atoms with Gasteiger partial charge in [-0.05, 0) is 36.6 Å². The summed E-state index contributed by atoms with van der Waals surface area (Å²) < 4.78 is 11.2. The number of para-hydroxylation sites is 1. The Morgan fingerprint density at radius 1 is 1.12 bits per heavy atom. The number of nitrogens with zero attached hydrogens (tertiary/aromatic N) is 5. The minimum Gasteiger partial charge on any atom is -0.459 e. The van der Waals surface area contributed by atoms with Crippen molar-refractivity contribution >= 4 is 17.5 Å². The number of furan rings is 1. The van der Waals surface area contributed by atoms with Gasteiger partial charge in [0, 0.05) is 51.4 Å². The van der Waals surface area contributed by atoms with E-state index in [1.807, 2.05) is 21.9 Å². The Labute approximate surface area is 186 Å². The third kappa shape index (κ3) is 3.71. The molecule has 2 aromatic heterocycles. The van der Waals surface area contributed by atoms with Gasteiger partial charge in [0.1, 0.15) is 6.07 Å². The number of nitriles is 1. The molecule has 1 aromatic carbocycles. The zero-order chi connectivity index (χ0) is 22.1. The lowest BCUT2D eigenvalue weighted by Crippen LogP contribution is -2.43. The maximum atomic E-state index is 13.3. The number of fused-ring (bicyclic) bond motifs is 1. The van der Waals surface area contributed by atoms with E-state index in [1.165, 1.54) is 11.3 Å². The van der Waals surface area contributed by atoms with Gasteiger partial charge >= 0.3 is 0 Å². The van der Waals surface area contributed by atoms with Gasteiger partial charge in [-0.1, -0.05) is 18.2 Å². The van der Waals surface area contributed by atoms with Crippen LogP contribution >= 0.6 is 0 Å². The van der Waals surface area contributed by atoms with E-state index in [0.717, 1.165) is 13.1 Å². The number of benzene rings is 1. The second-order valence-corrected chi connectivity index (χ2v) is 8.33. The number of likely N-dealkylation sites (N-methyl/N-ethyl adjacent to an activating group) is 1. The number of rotatable bonds is 3. The van der Waals surface area contributed by atoms with Crippen LogP contribution in [0.1, 0.15) is 24.1 Å². The van der Waals surface area contributed by atoms with Crippen LogP contribution < -0.4 is 9.80 Å². The Kier molecular flexibility index (Phi) is 5.31. The summed E-state index contributed by atoms with van der Waals surface area (Å²) in [7, 11) is 2.08. The Morgan fingerprint density at radius 2 is 1.94 bits per heavy atom. The highest BCUT2D eigenvalue weighted by atomic mass is 16.4. The summed E-state index contributed by atoms with van der Waals surface area (Å²) in [6, 6.07) is 13.9. The molecule has 2 aliphatic heterocycles. The molecule has 0 bridgehead atoms. The molecule has 164 valence electrons. The largest absolute Gasteiger partial charge is 0.459 e. The van der Waals surface area contributed by atoms with Crippen molar-refractivity contribution in [3.05, 3.63) is 53.9 Å². The van der Waals surface area contributed by atoms with Gasteiger partial charge in [0.2, 0.25) is 17.5 Å². The van der Waals surface area contributed by atoms with Crippen LogP contribution in [0.3, 0.4) is 0 Å². The normalized spacial score (nSPS) is 17.1. The number of carbonyl (C=O) groups excluding carboxylic acids is 1. The standard InChI is InChI=1S/C24H25N5O3/c1-27-12-13-29(16-18-5-2-3-6-20(18)27)23(30)17-8-10-28(11-9-17)24-19(15-25)26-22(32-24)21-7-4-14-31-21/h2-7,14,17H,8-13,16H2,1H3. The predicted molar refractivity (Wildman–Crippen MR) is 119 cm³/mol. The quantitative estimate of drug-likeness (QED) is 0.627. The van der Waals surface area contributed by atoms with Crippen LogP contribution in [0.2, 0.25) is 0 Å². The summed E-state index contributed by atoms with van der Waals surface area (Å²) in [5.74, 6) is 1.43. The van der Waals surface area contributed by atoms with E-state index in [0.29, 0.717) is 50.0 Å². The molecule has 0 aliphatic carbocycles. The van der Waals surface area contributed by atoms with E-state index < -0.39 is 0 Å². The number of hydrogen-bond acceptors (Lipinski definition) is 7. The van der Waals surface area contributed by atoms with E-state index in [-0.39, 0.29) is 17.5 Å². The van der Waals surface area contributed by atoms with Gasteiger partial charge in [-0.15, -0.1) is 0 Å². The van der Waals surface area contributed by atoms with E-state index in [1.54, 1.807) is 18.4 Å². The molecule has 5 rings (SSSR count). The van der Waals surface area contributed by atoms with Crippen LogP contribution in [0.4, 0.5) is 11.6 Å². The number of oxazole rings is 1. The molecule has 32 heavy (non-hydrogen) atoms. The van der Waals surface area contributed by atoms with Crippen molar-refractivity contribution in [1.29, 1.82) is 5.26 Å². The highest BCUT2D eigenvalue weighted by molar-refractivity contribution is 5.80. The van der Waals surface area contributed by atoms with Gasteiger partial charge < -0.3 is 23.5 Å². The summed E-state index contributed by atoms with van der Waals surface area (Å²) in [5, 5.41) is 9.50. The van der Waals surface area contributed by atoms with E-state index in [9.17, 15) is 10.1 Å². The third-order valence-electron chi connectivity index (χ3n) is 6.36. The van der Waals surface area contributed by atoms with Crippen LogP contribution in [0.25, 0.3) is 11.7 Å². The lowest BCUT2D eigenvalue weighted by Gasteiger charge is -2.33. The summed E-state index contributed by atoms with van der Waals surface area (Å²) in [6.07, 6.45) is 2.98. The first kappa shape index (κ1) is 20.2. The maximum absolute atomic E-state index is 13.3. The number of aromatic nitrogens is 1. The molecule has 0 saturated carbocycles. The Morgan fingerprint density at radius 3 is 2.69 bits per heavy atom. The van der Waals surface area contributed by atoms with E-state index in [2.05, 4.69) is 35.1 Å². The first-order chi connectivity index (χ1) is 15.6. The Balaban J connectivity index is 1.26. The van der Waals surface area contributed by atoms with Gasteiger partial charge in [-0.2, -0.15) is 10.2 Å². The molecule has 0 N–H and O–H groups in total. The van der Waals surface area contributed by atoms with Crippen molar-refractivity contribution in [2.45, 2.75) is 19.4 Å². The topological polar surface area (TPSA) is 89.8 Å². The fourth-order valence-corrected chi connectivity index (χ4v) is 4.57. The van der Waals surface area contributed by atoms with Crippen molar-refractivity contribution in [2.24, 2.45) is 5.92 Å². The molecule has 3 aromatic rings. The van der Waals surface area contributed by atoms with Gasteiger partial charge in [-0.25, -0.2) is 0 Å². The zero-order valence-corrected chi connectivity index (χ0v) is 18.0. The van der Waals surface area contributed by atoms with Gasteiger partial charge in [0.25, 0.3) is 5.89 Å². The fraction of sp³-hybridized carbons (Fsp3) is 0.375. The average molecular weight is 431 g/mol. The fourth-order valence-electron chi connectivity index (χ4n) is 4.57. The van der Waals surface area contributed by atoms with Crippen molar-refractivity contribution < 1.29 is 13.6 Å². The monoisotopic (exact) mass is 431 g/mol. The summed E-state index contributed by atoms with van der Waals surface area (Å²) in [4.78, 5) is 23.8. The first-order valence-electron chi connectivity index (χ1n) is 10.9. The molecule has 1 amide bonds. The second kappa shape index (κ2) is 8.42. The Hall–Kier alpha value is -3.73. The maximum Gasteiger partial charge on any atom is 0.266 e. The lowest BCUT2D eigenvalue weighted by molar-refractivity contribution is -0.136. The van der Waals surface area contributed by atoms with Crippen molar-refractivity contribution in [3.8, 4) is 17.7 Å². The SMILES string of the molecule is CN1CCN(C(=O)C2CCN(c3oc(-c4ccco4)nc3C#N)CC2)Cc2ccccc21. The van der Waals surface area contributed by atoms with Gasteiger partial charge in [0.15, 0.2) is 5.76 Å². The molecular formula is C24H25N5O3. The zero-order valence-electron chi connectivity index (χ0n) is 18.0. The molecule has 2 aliphatic rings. The lowest BCUT2D eigenvalue weighted by atomic mass is 9.95. The molecule has 1 saturated heterocycles. The molecule has 8 nitrogen and oxygen atoms in total. The molecule has 0 unspecified atom stereocenters. The number of amides is 1. The second-order valence-electron chi connectivity index (χ2n) is 8.33. The van der Waals surface area contributed by atoms with Crippen LogP contribution in [-0.2, 0) is 11.3 Å². The molecule has 0 radical (unpaired) electrons. The molecule has 1 fully saturated rings. The number of anilines is 2. The molecule has 4 heterocycles. The number of hydrogen-bond donors (Lipinski definition) is 0. The summed E-state index contributed by atoms with van der Waals surface area (Å²) >= 11 is 0. The predicted octanol–water partition coefficient (Wildman–Crippen LogP) is 3.50. The average Bonchev–Trinajstić information content (AvgIpc) is 3.48. The van der Waals surface area contributed by atoms with Crippen LogP contribution in [0, 0.1) is 17.2 Å². The molecular weight excluding hydrogens is 406 g/mol. The van der Waals surface area contributed by atoms with Crippen molar-refractivity contribution in [3.63, 3.8) is 0 Å². The molecule has 0 spiro atoms. The van der Waals surface area contributed by atoms with Crippen LogP contribution in [0.5, 0.6) is 0 Å². The summed E-state index contributed by atoms with van der Waals surface area (Å²) in [6.45, 7) is 3.47. The highest BCUT2D eigenvalue weighted by Crippen LogP contribution is 2.32. The van der Waals surface area contributed by atoms with Gasteiger partial charge in [-0.3, -0.25) is 4.79 Å². The smallest absolute Gasteiger partial charge is 0.266 e. The van der Waals surface area contributed by atoms with Crippen LogP contribution in [0.15, 0.2) is 51.5 Å². The first-order valence-corrected chi connectivity index (χ1v) is 10.9. The van der Waals surface area contributed by atoms with E-state index >= 15 is 0 Å². The molecule has 8 heteroatoms. The van der Waals surface area contributed by atoms with Crippen molar-refractivity contribution in [2.75, 3.05) is 43.0 Å². The highest BCUT2D eigenvalue weighted by Gasteiger charge is 2.32. The van der Waals surface area contributed by atoms with Crippen molar-refractivity contribution in [1.82, 2.24) is 9.88 Å². The number of carbonyl (C=O) groups is 1. The van der Waals surface area contributed by atoms with Gasteiger partial charge in [0.05, 0.1) is 6.26 Å². The molecule has 0 atom stereocenters. The minimum absolute atomic E-state index is 0.0279. The number of piperidine rings is 1.